The predicted octanol–water partition coefficient (Wildman–Crippen LogP) is 3.37. The SMILES string of the molecule is O=C(Nc1ccc(OC(F)(F)F)cc1)OC1(O)CCN(S(=O)(=O)c2cccs2)CC1. The third-order valence-corrected chi connectivity index (χ3v) is 7.48. The molecule has 3 rings (SSSR count). The first-order valence-electron chi connectivity index (χ1n) is 8.59. The number of anilines is 1. The average molecular weight is 466 g/mol. The zero-order chi connectivity index (χ0) is 22.0. The van der Waals surface area contributed by atoms with Crippen molar-refractivity contribution in [3.05, 3.63) is 41.8 Å². The molecule has 1 aliphatic heterocycles. The number of nitrogens with zero attached hydrogens (tertiary/aromatic N) is 1. The summed E-state index contributed by atoms with van der Waals surface area (Å²) in [4.78, 5) is 12.0. The fourth-order valence-electron chi connectivity index (χ4n) is 2.77. The van der Waals surface area contributed by atoms with E-state index in [4.69, 9.17) is 4.74 Å². The number of hydrogen-bond donors (Lipinski definition) is 2. The smallest absolute Gasteiger partial charge is 0.417 e. The number of sulfonamides is 1. The molecule has 2 aromatic rings. The first-order chi connectivity index (χ1) is 14.0. The number of halogens is 3. The molecule has 1 saturated heterocycles. The van der Waals surface area contributed by atoms with Crippen molar-refractivity contribution in [3.63, 3.8) is 0 Å². The van der Waals surface area contributed by atoms with Gasteiger partial charge in [-0.15, -0.1) is 24.5 Å². The van der Waals surface area contributed by atoms with Gasteiger partial charge in [0.25, 0.3) is 10.0 Å². The highest BCUT2D eigenvalue weighted by molar-refractivity contribution is 7.91. The number of rotatable bonds is 5. The molecule has 30 heavy (non-hydrogen) atoms. The summed E-state index contributed by atoms with van der Waals surface area (Å²) in [6.07, 6.45) is -6.13. The normalized spacial score (nSPS) is 17.3. The highest BCUT2D eigenvalue weighted by Gasteiger charge is 2.40. The van der Waals surface area contributed by atoms with Gasteiger partial charge in [-0.1, -0.05) is 6.07 Å². The molecule has 0 atom stereocenters. The van der Waals surface area contributed by atoms with Crippen molar-refractivity contribution in [2.45, 2.75) is 29.2 Å². The Morgan fingerprint density at radius 1 is 1.17 bits per heavy atom. The summed E-state index contributed by atoms with van der Waals surface area (Å²) in [5, 5.41) is 14.4. The minimum atomic E-state index is -4.83. The molecule has 1 aromatic carbocycles. The van der Waals surface area contributed by atoms with Crippen molar-refractivity contribution in [2.24, 2.45) is 0 Å². The molecule has 164 valence electrons. The van der Waals surface area contributed by atoms with E-state index >= 15 is 0 Å². The summed E-state index contributed by atoms with van der Waals surface area (Å²) in [5.74, 6) is -2.33. The van der Waals surface area contributed by atoms with Crippen LogP contribution in [0.5, 0.6) is 5.75 Å². The van der Waals surface area contributed by atoms with Crippen LogP contribution in [0.15, 0.2) is 46.0 Å². The van der Waals surface area contributed by atoms with Crippen LogP contribution in [0.1, 0.15) is 12.8 Å². The van der Waals surface area contributed by atoms with Crippen LogP contribution in [0.3, 0.4) is 0 Å². The topological polar surface area (TPSA) is 105 Å². The Morgan fingerprint density at radius 2 is 1.80 bits per heavy atom. The molecule has 0 aliphatic carbocycles. The fourth-order valence-corrected chi connectivity index (χ4v) is 5.36. The second-order valence-corrected chi connectivity index (χ2v) is 9.48. The largest absolute Gasteiger partial charge is 0.573 e. The molecule has 1 aromatic heterocycles. The number of alkyl halides is 3. The summed E-state index contributed by atoms with van der Waals surface area (Å²) >= 11 is 1.08. The lowest BCUT2D eigenvalue weighted by atomic mass is 10.1. The molecule has 8 nitrogen and oxygen atoms in total. The second kappa shape index (κ2) is 8.41. The highest BCUT2D eigenvalue weighted by atomic mass is 32.2. The van der Waals surface area contributed by atoms with Crippen LogP contribution >= 0.6 is 11.3 Å². The molecule has 1 amide bonds. The van der Waals surface area contributed by atoms with Crippen molar-refractivity contribution in [2.75, 3.05) is 18.4 Å². The lowest BCUT2D eigenvalue weighted by Gasteiger charge is -2.36. The van der Waals surface area contributed by atoms with Crippen LogP contribution in [0.4, 0.5) is 23.7 Å². The number of benzene rings is 1. The van der Waals surface area contributed by atoms with Gasteiger partial charge in [0.05, 0.1) is 0 Å². The summed E-state index contributed by atoms with van der Waals surface area (Å²) < 4.78 is 71.6. The van der Waals surface area contributed by atoms with Gasteiger partial charge in [0.2, 0.25) is 5.79 Å². The van der Waals surface area contributed by atoms with Gasteiger partial charge in [-0.2, -0.15) is 4.31 Å². The van der Waals surface area contributed by atoms with E-state index in [2.05, 4.69) is 10.1 Å². The Morgan fingerprint density at radius 3 is 2.33 bits per heavy atom. The minimum absolute atomic E-state index is 0.0481. The van der Waals surface area contributed by atoms with E-state index < -0.39 is 34.0 Å². The fraction of sp³-hybridized carbons (Fsp3) is 0.353. The Kier molecular flexibility index (Phi) is 6.26. The first-order valence-corrected chi connectivity index (χ1v) is 10.9. The average Bonchev–Trinajstić information content (AvgIpc) is 3.18. The molecule has 2 N–H and O–H groups in total. The van der Waals surface area contributed by atoms with E-state index in [0.717, 1.165) is 23.5 Å². The molecule has 1 aliphatic rings. The maximum atomic E-state index is 12.5. The van der Waals surface area contributed by atoms with E-state index in [1.54, 1.807) is 11.4 Å². The molecule has 1 fully saturated rings. The van der Waals surface area contributed by atoms with Gasteiger partial charge in [-0.25, -0.2) is 13.2 Å². The van der Waals surface area contributed by atoms with Crippen molar-refractivity contribution < 1.29 is 41.0 Å². The standard InChI is InChI=1S/C17H17F3N2O6S2/c18-17(19,20)27-13-5-3-12(4-6-13)21-15(23)28-16(24)7-9-22(10-8-16)30(25,26)14-2-1-11-29-14/h1-6,11,24H,7-10H2,(H,21,23). The van der Waals surface area contributed by atoms with Crippen LogP contribution in [0.25, 0.3) is 0 Å². The van der Waals surface area contributed by atoms with Gasteiger partial charge in [0.15, 0.2) is 0 Å². The Bertz CT molecular complexity index is 970. The zero-order valence-corrected chi connectivity index (χ0v) is 16.9. The molecule has 0 unspecified atom stereocenters. The van der Waals surface area contributed by atoms with Crippen molar-refractivity contribution >= 4 is 33.1 Å². The molecular weight excluding hydrogens is 449 g/mol. The van der Waals surface area contributed by atoms with Crippen LogP contribution in [-0.4, -0.2) is 49.2 Å². The van der Waals surface area contributed by atoms with Crippen LogP contribution < -0.4 is 10.1 Å². The van der Waals surface area contributed by atoms with Crippen molar-refractivity contribution in [3.8, 4) is 5.75 Å². The number of nitrogens with one attached hydrogen (secondary N) is 1. The molecule has 2 heterocycles. The van der Waals surface area contributed by atoms with E-state index in [1.807, 2.05) is 0 Å². The first kappa shape index (κ1) is 22.3. The third kappa shape index (κ3) is 5.62. The van der Waals surface area contributed by atoms with Gasteiger partial charge in [0.1, 0.15) is 9.96 Å². The van der Waals surface area contributed by atoms with Gasteiger partial charge >= 0.3 is 12.5 Å². The zero-order valence-electron chi connectivity index (χ0n) is 15.3. The Labute approximate surface area is 173 Å². The summed E-state index contributed by atoms with van der Waals surface area (Å²) in [6.45, 7) is -0.0962. The number of ether oxygens (including phenoxy) is 2. The Hall–Kier alpha value is -2.35. The van der Waals surface area contributed by atoms with E-state index in [1.165, 1.54) is 22.5 Å². The van der Waals surface area contributed by atoms with Crippen molar-refractivity contribution in [1.82, 2.24) is 4.31 Å². The van der Waals surface area contributed by atoms with Crippen LogP contribution in [0.2, 0.25) is 0 Å². The highest BCUT2D eigenvalue weighted by Crippen LogP contribution is 2.30. The second-order valence-electron chi connectivity index (χ2n) is 6.37. The minimum Gasteiger partial charge on any atom is -0.417 e. The van der Waals surface area contributed by atoms with Gasteiger partial charge < -0.3 is 14.6 Å². The molecule has 0 saturated carbocycles. The summed E-state index contributed by atoms with van der Waals surface area (Å²) in [5.41, 5.74) is 0.121. The lowest BCUT2D eigenvalue weighted by molar-refractivity contribution is -0.274. The lowest BCUT2D eigenvalue weighted by Crippen LogP contribution is -2.49. The van der Waals surface area contributed by atoms with E-state index in [9.17, 15) is 31.5 Å². The van der Waals surface area contributed by atoms with Crippen LogP contribution in [0, 0.1) is 0 Å². The quantitative estimate of drug-likeness (QED) is 0.655. The number of aliphatic hydroxyl groups is 1. The van der Waals surface area contributed by atoms with Crippen LogP contribution in [-0.2, 0) is 14.8 Å². The maximum Gasteiger partial charge on any atom is 0.573 e. The molecule has 0 spiro atoms. The van der Waals surface area contributed by atoms with E-state index in [0.29, 0.717) is 0 Å². The number of carbonyl (C=O) groups is 1. The van der Waals surface area contributed by atoms with Gasteiger partial charge in [-0.05, 0) is 35.7 Å². The van der Waals surface area contributed by atoms with Gasteiger partial charge in [0, 0.05) is 31.6 Å². The maximum absolute atomic E-state index is 12.5. The summed E-state index contributed by atoms with van der Waals surface area (Å²) in [7, 11) is -3.67. The molecular formula is C17H17F3N2O6S2. The number of carbonyl (C=O) groups excluding carboxylic acids is 1. The number of amides is 1. The number of thiophene rings is 1. The number of piperidine rings is 1. The molecule has 0 bridgehead atoms. The van der Waals surface area contributed by atoms with Crippen molar-refractivity contribution in [1.29, 1.82) is 0 Å². The molecule has 0 radical (unpaired) electrons. The van der Waals surface area contributed by atoms with E-state index in [-0.39, 0.29) is 35.8 Å². The third-order valence-electron chi connectivity index (χ3n) is 4.21. The van der Waals surface area contributed by atoms with Gasteiger partial charge in [-0.3, -0.25) is 5.32 Å². The Balaban J connectivity index is 1.53. The summed E-state index contributed by atoms with van der Waals surface area (Å²) in [6, 6.07) is 7.45. The number of hydrogen-bond acceptors (Lipinski definition) is 7. The predicted molar refractivity (Wildman–Crippen MR) is 100 cm³/mol. The monoisotopic (exact) mass is 466 g/mol. The molecule has 13 heteroatoms.